The van der Waals surface area contributed by atoms with Gasteiger partial charge in [-0.15, -0.1) is 0 Å². The van der Waals surface area contributed by atoms with E-state index in [9.17, 15) is 0 Å². The van der Waals surface area contributed by atoms with Crippen molar-refractivity contribution in [2.24, 2.45) is 0 Å². The fourth-order valence-electron chi connectivity index (χ4n) is 2.53. The monoisotopic (exact) mass is 232 g/mol. The van der Waals surface area contributed by atoms with Crippen LogP contribution in [0.25, 0.3) is 0 Å². The Hall–Kier alpha value is -1.02. The molecule has 1 aromatic rings. The molecule has 1 fully saturated rings. The first-order valence-corrected chi connectivity index (χ1v) is 6.91. The average Bonchev–Trinajstić information content (AvgIpc) is 2.38. The van der Waals surface area contributed by atoms with Gasteiger partial charge < -0.3 is 10.6 Å². The van der Waals surface area contributed by atoms with Crippen LogP contribution < -0.4 is 5.73 Å². The first-order valence-electron chi connectivity index (χ1n) is 6.91. The van der Waals surface area contributed by atoms with Gasteiger partial charge in [-0.1, -0.05) is 18.6 Å². The highest BCUT2D eigenvalue weighted by Crippen LogP contribution is 2.12. The number of nitrogens with two attached hydrogens (primary N) is 1. The van der Waals surface area contributed by atoms with Gasteiger partial charge >= 0.3 is 0 Å². The van der Waals surface area contributed by atoms with Crippen molar-refractivity contribution < 1.29 is 0 Å². The lowest BCUT2D eigenvalue weighted by molar-refractivity contribution is 0.225. The van der Waals surface area contributed by atoms with Crippen molar-refractivity contribution in [2.45, 2.75) is 38.5 Å². The zero-order chi connectivity index (χ0) is 11.9. The zero-order valence-corrected chi connectivity index (χ0v) is 10.7. The third kappa shape index (κ3) is 4.39. The van der Waals surface area contributed by atoms with Gasteiger partial charge in [-0.25, -0.2) is 0 Å². The van der Waals surface area contributed by atoms with Crippen molar-refractivity contribution in [3.63, 3.8) is 0 Å². The van der Waals surface area contributed by atoms with Gasteiger partial charge in [0.05, 0.1) is 0 Å². The smallest absolute Gasteiger partial charge is 0.0314 e. The summed E-state index contributed by atoms with van der Waals surface area (Å²) in [6.45, 7) is 3.93. The molecule has 1 saturated heterocycles. The van der Waals surface area contributed by atoms with Crippen LogP contribution in [0.2, 0.25) is 0 Å². The van der Waals surface area contributed by atoms with Gasteiger partial charge in [-0.05, 0) is 69.4 Å². The summed E-state index contributed by atoms with van der Waals surface area (Å²) in [6, 6.07) is 8.30. The normalized spacial score (nSPS) is 17.2. The molecular formula is C15H24N2. The number of rotatable bonds is 5. The second-order valence-corrected chi connectivity index (χ2v) is 5.10. The Morgan fingerprint density at radius 3 is 2.35 bits per heavy atom. The maximum absolute atomic E-state index is 5.67. The molecule has 0 aromatic heterocycles. The Morgan fingerprint density at radius 1 is 0.941 bits per heavy atom. The van der Waals surface area contributed by atoms with E-state index in [-0.39, 0.29) is 0 Å². The molecule has 0 saturated carbocycles. The van der Waals surface area contributed by atoms with Crippen molar-refractivity contribution in [2.75, 3.05) is 25.4 Å². The second-order valence-electron chi connectivity index (χ2n) is 5.10. The Labute approximate surface area is 105 Å². The van der Waals surface area contributed by atoms with Crippen LogP contribution in [0.1, 0.15) is 37.7 Å². The van der Waals surface area contributed by atoms with E-state index in [1.165, 1.54) is 63.7 Å². The molecule has 2 N–H and O–H groups in total. The molecule has 0 amide bonds. The summed E-state index contributed by atoms with van der Waals surface area (Å²) >= 11 is 0. The lowest BCUT2D eigenvalue weighted by atomic mass is 10.1. The number of aryl methyl sites for hydroxylation is 1. The second kappa shape index (κ2) is 6.65. The van der Waals surface area contributed by atoms with Crippen molar-refractivity contribution in [3.05, 3.63) is 29.8 Å². The van der Waals surface area contributed by atoms with Crippen LogP contribution >= 0.6 is 0 Å². The molecule has 2 heteroatoms. The van der Waals surface area contributed by atoms with Crippen molar-refractivity contribution in [1.82, 2.24) is 4.90 Å². The van der Waals surface area contributed by atoms with Gasteiger partial charge in [-0.2, -0.15) is 0 Å². The summed E-state index contributed by atoms with van der Waals surface area (Å²) in [5, 5.41) is 0. The number of piperidine rings is 1. The van der Waals surface area contributed by atoms with Crippen molar-refractivity contribution in [1.29, 1.82) is 0 Å². The third-order valence-electron chi connectivity index (χ3n) is 3.62. The fraction of sp³-hybridized carbons (Fsp3) is 0.600. The number of hydrogen-bond acceptors (Lipinski definition) is 2. The Kier molecular flexibility index (Phi) is 4.87. The van der Waals surface area contributed by atoms with E-state index in [0.29, 0.717) is 0 Å². The minimum absolute atomic E-state index is 0.863. The number of nitrogens with zero attached hydrogens (tertiary/aromatic N) is 1. The quantitative estimate of drug-likeness (QED) is 0.624. The lowest BCUT2D eigenvalue weighted by Gasteiger charge is -2.26. The predicted molar refractivity (Wildman–Crippen MR) is 74.1 cm³/mol. The molecule has 94 valence electrons. The summed E-state index contributed by atoms with van der Waals surface area (Å²) in [4.78, 5) is 2.62. The van der Waals surface area contributed by atoms with Crippen LogP contribution in [0, 0.1) is 0 Å². The largest absolute Gasteiger partial charge is 0.399 e. The lowest BCUT2D eigenvalue weighted by Crippen LogP contribution is -2.30. The molecule has 1 aromatic carbocycles. The zero-order valence-electron chi connectivity index (χ0n) is 10.7. The molecule has 2 rings (SSSR count). The molecule has 0 spiro atoms. The molecule has 0 unspecified atom stereocenters. The van der Waals surface area contributed by atoms with E-state index < -0.39 is 0 Å². The molecule has 1 aliphatic heterocycles. The molecule has 1 heterocycles. The SMILES string of the molecule is Nc1ccc(CCCCN2CCCCC2)cc1. The van der Waals surface area contributed by atoms with Gasteiger partial charge in [-0.3, -0.25) is 0 Å². The van der Waals surface area contributed by atoms with Gasteiger partial charge in [0, 0.05) is 5.69 Å². The van der Waals surface area contributed by atoms with Crippen LogP contribution in [0.3, 0.4) is 0 Å². The molecule has 0 aliphatic carbocycles. The Bertz CT molecular complexity index is 312. The summed E-state index contributed by atoms with van der Waals surface area (Å²) < 4.78 is 0. The van der Waals surface area contributed by atoms with E-state index in [2.05, 4.69) is 17.0 Å². The van der Waals surface area contributed by atoms with Gasteiger partial charge in [0.2, 0.25) is 0 Å². The van der Waals surface area contributed by atoms with E-state index >= 15 is 0 Å². The Morgan fingerprint density at radius 2 is 1.65 bits per heavy atom. The number of benzene rings is 1. The summed E-state index contributed by atoms with van der Waals surface area (Å²) in [5.41, 5.74) is 7.95. The maximum atomic E-state index is 5.67. The molecular weight excluding hydrogens is 208 g/mol. The maximum Gasteiger partial charge on any atom is 0.0314 e. The van der Waals surface area contributed by atoms with Gasteiger partial charge in [0.1, 0.15) is 0 Å². The highest BCUT2D eigenvalue weighted by molar-refractivity contribution is 5.39. The van der Waals surface area contributed by atoms with Crippen LogP contribution in [-0.2, 0) is 6.42 Å². The van der Waals surface area contributed by atoms with Crippen LogP contribution in [-0.4, -0.2) is 24.5 Å². The molecule has 1 aliphatic rings. The molecule has 0 radical (unpaired) electrons. The standard InChI is InChI=1S/C15H24N2/c16-15-9-7-14(8-10-15)6-2-5-13-17-11-3-1-4-12-17/h7-10H,1-6,11-13,16H2. The van der Waals surface area contributed by atoms with Crippen molar-refractivity contribution in [3.8, 4) is 0 Å². The van der Waals surface area contributed by atoms with E-state index in [1.54, 1.807) is 0 Å². The molecule has 17 heavy (non-hydrogen) atoms. The summed E-state index contributed by atoms with van der Waals surface area (Å²) in [5.74, 6) is 0. The first kappa shape index (κ1) is 12.4. The topological polar surface area (TPSA) is 29.3 Å². The first-order chi connectivity index (χ1) is 8.34. The number of likely N-dealkylation sites (tertiary alicyclic amines) is 1. The number of anilines is 1. The highest BCUT2D eigenvalue weighted by atomic mass is 15.1. The fourth-order valence-corrected chi connectivity index (χ4v) is 2.53. The van der Waals surface area contributed by atoms with Crippen LogP contribution in [0.4, 0.5) is 5.69 Å². The van der Waals surface area contributed by atoms with Crippen LogP contribution in [0.15, 0.2) is 24.3 Å². The van der Waals surface area contributed by atoms with Crippen molar-refractivity contribution >= 4 is 5.69 Å². The van der Waals surface area contributed by atoms with Gasteiger partial charge in [0.25, 0.3) is 0 Å². The van der Waals surface area contributed by atoms with E-state index in [1.807, 2.05) is 12.1 Å². The average molecular weight is 232 g/mol. The summed E-state index contributed by atoms with van der Waals surface area (Å²) in [6.07, 6.45) is 8.04. The molecule has 0 bridgehead atoms. The van der Waals surface area contributed by atoms with Crippen LogP contribution in [0.5, 0.6) is 0 Å². The minimum Gasteiger partial charge on any atom is -0.399 e. The Balaban J connectivity index is 1.60. The number of unbranched alkanes of at least 4 members (excludes halogenated alkanes) is 1. The molecule has 0 atom stereocenters. The number of hydrogen-bond donors (Lipinski definition) is 1. The minimum atomic E-state index is 0.863. The van der Waals surface area contributed by atoms with Gasteiger partial charge in [0.15, 0.2) is 0 Å². The third-order valence-corrected chi connectivity index (χ3v) is 3.62. The predicted octanol–water partition coefficient (Wildman–Crippen LogP) is 3.08. The highest BCUT2D eigenvalue weighted by Gasteiger charge is 2.08. The molecule has 2 nitrogen and oxygen atoms in total. The van der Waals surface area contributed by atoms with E-state index in [4.69, 9.17) is 5.73 Å². The van der Waals surface area contributed by atoms with E-state index in [0.717, 1.165) is 5.69 Å². The number of nitrogen functional groups attached to an aromatic ring is 1. The summed E-state index contributed by atoms with van der Waals surface area (Å²) in [7, 11) is 0.